The van der Waals surface area contributed by atoms with E-state index in [4.69, 9.17) is 0 Å². The van der Waals surface area contributed by atoms with E-state index in [-0.39, 0.29) is 11.8 Å². The lowest BCUT2D eigenvalue weighted by molar-refractivity contribution is -0.120. The van der Waals surface area contributed by atoms with Gasteiger partial charge < -0.3 is 16.0 Å². The Morgan fingerprint density at radius 1 is 1.18 bits per heavy atom. The van der Waals surface area contributed by atoms with Gasteiger partial charge >= 0.3 is 0 Å². The van der Waals surface area contributed by atoms with Crippen molar-refractivity contribution in [2.75, 3.05) is 18.6 Å². The zero-order valence-electron chi connectivity index (χ0n) is 17.2. The number of amides is 1. The summed E-state index contributed by atoms with van der Waals surface area (Å²) in [6.45, 7) is 0.686. The van der Waals surface area contributed by atoms with Gasteiger partial charge in [-0.25, -0.2) is 0 Å². The summed E-state index contributed by atoms with van der Waals surface area (Å²) in [5.41, 5.74) is 2.02. The van der Waals surface area contributed by atoms with Crippen LogP contribution in [-0.4, -0.2) is 36.5 Å². The summed E-state index contributed by atoms with van der Waals surface area (Å²) in [5, 5.41) is 10.8. The van der Waals surface area contributed by atoms with E-state index in [1.807, 2.05) is 30.9 Å². The van der Waals surface area contributed by atoms with Crippen LogP contribution in [0.25, 0.3) is 0 Å². The van der Waals surface area contributed by atoms with Crippen molar-refractivity contribution in [1.29, 1.82) is 0 Å². The highest BCUT2D eigenvalue weighted by molar-refractivity contribution is 7.99. The van der Waals surface area contributed by atoms with Gasteiger partial charge in [0.15, 0.2) is 5.96 Å². The van der Waals surface area contributed by atoms with Crippen LogP contribution < -0.4 is 16.0 Å². The molecule has 2 aliphatic rings. The fraction of sp³-hybridized carbons (Fsp3) is 0.636. The lowest BCUT2D eigenvalue weighted by atomic mass is 9.88. The van der Waals surface area contributed by atoms with Gasteiger partial charge in [-0.05, 0) is 56.1 Å². The van der Waals surface area contributed by atoms with Crippen LogP contribution in [0.2, 0.25) is 0 Å². The first-order valence-corrected chi connectivity index (χ1v) is 11.9. The van der Waals surface area contributed by atoms with E-state index in [1.165, 1.54) is 38.5 Å². The fourth-order valence-corrected chi connectivity index (χ4v) is 5.02. The van der Waals surface area contributed by atoms with Crippen molar-refractivity contribution < 1.29 is 4.79 Å². The predicted molar refractivity (Wildman–Crippen MR) is 120 cm³/mol. The molecule has 2 aliphatic carbocycles. The molecular formula is C22H34N4OS. The first kappa shape index (κ1) is 21.0. The number of hydrogen-bond donors (Lipinski definition) is 3. The second-order valence-electron chi connectivity index (χ2n) is 7.96. The zero-order chi connectivity index (χ0) is 19.8. The predicted octanol–water partition coefficient (Wildman–Crippen LogP) is 4.15. The molecule has 0 aliphatic heterocycles. The maximum absolute atomic E-state index is 12.5. The van der Waals surface area contributed by atoms with Gasteiger partial charge in [-0.2, -0.15) is 11.8 Å². The second-order valence-corrected chi connectivity index (χ2v) is 9.10. The molecule has 2 atom stereocenters. The van der Waals surface area contributed by atoms with Gasteiger partial charge in [-0.1, -0.05) is 31.4 Å². The van der Waals surface area contributed by atoms with Crippen molar-refractivity contribution in [3.8, 4) is 0 Å². The Bertz CT molecular complexity index is 672. The van der Waals surface area contributed by atoms with Gasteiger partial charge in [0, 0.05) is 36.5 Å². The fourth-order valence-electron chi connectivity index (χ4n) is 4.23. The highest BCUT2D eigenvalue weighted by atomic mass is 32.2. The third-order valence-corrected chi connectivity index (χ3v) is 7.01. The lowest BCUT2D eigenvalue weighted by Crippen LogP contribution is -2.42. The van der Waals surface area contributed by atoms with E-state index >= 15 is 0 Å². The van der Waals surface area contributed by atoms with E-state index in [0.29, 0.717) is 12.6 Å². The maximum atomic E-state index is 12.5. The third kappa shape index (κ3) is 6.16. The van der Waals surface area contributed by atoms with Crippen molar-refractivity contribution >= 4 is 29.3 Å². The van der Waals surface area contributed by atoms with Crippen LogP contribution in [0.15, 0.2) is 29.3 Å². The van der Waals surface area contributed by atoms with Gasteiger partial charge in [0.25, 0.3) is 0 Å². The number of thioether (sulfide) groups is 1. The Hall–Kier alpha value is -1.69. The average Bonchev–Trinajstić information content (AvgIpc) is 3.19. The quantitative estimate of drug-likeness (QED) is 0.494. The normalized spacial score (nSPS) is 23.4. The molecule has 2 fully saturated rings. The van der Waals surface area contributed by atoms with Crippen molar-refractivity contribution in [1.82, 2.24) is 10.6 Å². The Morgan fingerprint density at radius 3 is 2.71 bits per heavy atom. The van der Waals surface area contributed by atoms with Crippen molar-refractivity contribution in [2.45, 2.75) is 69.2 Å². The highest BCUT2D eigenvalue weighted by Gasteiger charge is 2.24. The molecule has 2 saturated carbocycles. The van der Waals surface area contributed by atoms with Gasteiger partial charge in [0.2, 0.25) is 5.91 Å². The van der Waals surface area contributed by atoms with Crippen molar-refractivity contribution in [3.63, 3.8) is 0 Å². The largest absolute Gasteiger partial charge is 0.354 e. The van der Waals surface area contributed by atoms with Crippen LogP contribution in [0.1, 0.15) is 56.9 Å². The summed E-state index contributed by atoms with van der Waals surface area (Å²) in [5.74, 6) is 1.20. The number of carbonyl (C=O) groups is 1. The van der Waals surface area contributed by atoms with Crippen LogP contribution in [0, 0.1) is 5.92 Å². The van der Waals surface area contributed by atoms with Crippen molar-refractivity contribution in [2.24, 2.45) is 10.9 Å². The molecule has 3 N–H and O–H groups in total. The molecule has 6 heteroatoms. The number of rotatable bonds is 6. The van der Waals surface area contributed by atoms with E-state index in [0.717, 1.165) is 35.3 Å². The highest BCUT2D eigenvalue weighted by Crippen LogP contribution is 2.28. The molecule has 0 spiro atoms. The lowest BCUT2D eigenvalue weighted by Gasteiger charge is -2.21. The van der Waals surface area contributed by atoms with Crippen LogP contribution >= 0.6 is 11.8 Å². The monoisotopic (exact) mass is 402 g/mol. The van der Waals surface area contributed by atoms with Crippen LogP contribution in [-0.2, 0) is 11.3 Å². The zero-order valence-corrected chi connectivity index (χ0v) is 18.0. The summed E-state index contributed by atoms with van der Waals surface area (Å²) in [7, 11) is 1.82. The third-order valence-electron chi connectivity index (χ3n) is 5.91. The maximum Gasteiger partial charge on any atom is 0.227 e. The van der Waals surface area contributed by atoms with E-state index in [2.05, 4.69) is 39.3 Å². The van der Waals surface area contributed by atoms with E-state index in [9.17, 15) is 4.79 Å². The number of carbonyl (C=O) groups excluding carboxylic acids is 1. The number of aliphatic imine (C=N–C) groups is 1. The number of benzene rings is 1. The number of anilines is 1. The van der Waals surface area contributed by atoms with Gasteiger partial charge in [0.05, 0.1) is 0 Å². The Kier molecular flexibility index (Phi) is 8.07. The summed E-state index contributed by atoms with van der Waals surface area (Å²) in [6.07, 6.45) is 11.5. The Balaban J connectivity index is 1.48. The molecule has 5 nitrogen and oxygen atoms in total. The standard InChI is InChI=1S/C22H34N4OS/c1-23-22(26-19-11-12-20(14-19)28-2)24-15-16-7-6-10-18(13-16)25-21(27)17-8-4-3-5-9-17/h6-7,10,13,17,19-20H,3-5,8-9,11-12,14-15H2,1-2H3,(H,25,27)(H2,23,24,26). The number of nitrogens with zero attached hydrogens (tertiary/aromatic N) is 1. The van der Waals surface area contributed by atoms with Crippen LogP contribution in [0.5, 0.6) is 0 Å². The molecular weight excluding hydrogens is 368 g/mol. The van der Waals surface area contributed by atoms with E-state index in [1.54, 1.807) is 0 Å². The summed E-state index contributed by atoms with van der Waals surface area (Å²) in [6, 6.07) is 8.61. The van der Waals surface area contributed by atoms with Crippen LogP contribution in [0.3, 0.4) is 0 Å². The molecule has 0 bridgehead atoms. The van der Waals surface area contributed by atoms with Crippen LogP contribution in [0.4, 0.5) is 5.69 Å². The summed E-state index contributed by atoms with van der Waals surface area (Å²) in [4.78, 5) is 16.8. The minimum Gasteiger partial charge on any atom is -0.354 e. The minimum absolute atomic E-state index is 0.173. The molecule has 1 amide bonds. The summed E-state index contributed by atoms with van der Waals surface area (Å²) < 4.78 is 0. The average molecular weight is 403 g/mol. The molecule has 0 saturated heterocycles. The smallest absolute Gasteiger partial charge is 0.227 e. The molecule has 0 heterocycles. The number of nitrogens with one attached hydrogen (secondary N) is 3. The molecule has 28 heavy (non-hydrogen) atoms. The second kappa shape index (κ2) is 10.7. The Labute approximate surface area is 173 Å². The Morgan fingerprint density at radius 2 is 2.00 bits per heavy atom. The first-order chi connectivity index (χ1) is 13.7. The van der Waals surface area contributed by atoms with Gasteiger partial charge in [-0.3, -0.25) is 9.79 Å². The molecule has 0 aromatic heterocycles. The first-order valence-electron chi connectivity index (χ1n) is 10.6. The van der Waals surface area contributed by atoms with E-state index < -0.39 is 0 Å². The molecule has 2 unspecified atom stereocenters. The van der Waals surface area contributed by atoms with Crippen molar-refractivity contribution in [3.05, 3.63) is 29.8 Å². The molecule has 154 valence electrons. The summed E-state index contributed by atoms with van der Waals surface area (Å²) >= 11 is 1.96. The van der Waals surface area contributed by atoms with Gasteiger partial charge in [0.1, 0.15) is 0 Å². The number of hydrogen-bond acceptors (Lipinski definition) is 3. The molecule has 1 aromatic carbocycles. The number of guanidine groups is 1. The molecule has 3 rings (SSSR count). The SMILES string of the molecule is CN=C(NCc1cccc(NC(=O)C2CCCCC2)c1)NC1CCC(SC)C1. The minimum atomic E-state index is 0.173. The molecule has 0 radical (unpaired) electrons. The molecule has 1 aromatic rings. The van der Waals surface area contributed by atoms with Gasteiger partial charge in [-0.15, -0.1) is 0 Å². The topological polar surface area (TPSA) is 65.5 Å².